The normalized spacial score (nSPS) is 18.7. The molecule has 0 saturated carbocycles. The zero-order valence-electron chi connectivity index (χ0n) is 10.8. The molecule has 0 spiro atoms. The van der Waals surface area contributed by atoms with Gasteiger partial charge in [-0.25, -0.2) is 9.18 Å². The van der Waals surface area contributed by atoms with Crippen LogP contribution >= 0.6 is 0 Å². The molecule has 1 aliphatic rings. The molecule has 108 valence electrons. The third kappa shape index (κ3) is 2.88. The van der Waals surface area contributed by atoms with Crippen molar-refractivity contribution < 1.29 is 28.6 Å². The summed E-state index contributed by atoms with van der Waals surface area (Å²) < 4.78 is 23.2. The summed E-state index contributed by atoms with van der Waals surface area (Å²) in [7, 11) is 1.31. The number of carboxylic acids is 1. The Bertz CT molecular complexity index is 533. The van der Waals surface area contributed by atoms with E-state index in [1.54, 1.807) is 0 Å². The number of ether oxygens (including phenoxy) is 2. The summed E-state index contributed by atoms with van der Waals surface area (Å²) in [4.78, 5) is 24.5. The van der Waals surface area contributed by atoms with Crippen LogP contribution in [0.4, 0.5) is 4.39 Å². The number of carbonyl (C=O) groups is 2. The van der Waals surface area contributed by atoms with Crippen molar-refractivity contribution >= 4 is 11.9 Å². The van der Waals surface area contributed by atoms with E-state index in [0.29, 0.717) is 6.54 Å². The molecule has 6 nitrogen and oxygen atoms in total. The summed E-state index contributed by atoms with van der Waals surface area (Å²) in [5.41, 5.74) is 0.245. The van der Waals surface area contributed by atoms with Crippen LogP contribution in [-0.2, 0) is 9.53 Å². The van der Waals surface area contributed by atoms with Gasteiger partial charge in [0.15, 0.2) is 17.7 Å². The van der Waals surface area contributed by atoms with Crippen molar-refractivity contribution in [2.45, 2.75) is 6.10 Å². The highest BCUT2D eigenvalue weighted by molar-refractivity contribution is 5.95. The van der Waals surface area contributed by atoms with E-state index in [9.17, 15) is 14.0 Å². The van der Waals surface area contributed by atoms with Gasteiger partial charge in [-0.05, 0) is 18.2 Å². The van der Waals surface area contributed by atoms with Crippen LogP contribution in [0.15, 0.2) is 18.2 Å². The van der Waals surface area contributed by atoms with Gasteiger partial charge in [0.05, 0.1) is 20.3 Å². The standard InChI is InChI=1S/C13H14FNO5/c1-19-10-6-8(2-3-9(10)14)12(16)15-4-5-20-11(7-15)13(17)18/h2-3,6,11H,4-5,7H2,1H3,(H,17,18)/t11-/m0/s1. The fourth-order valence-corrected chi connectivity index (χ4v) is 1.96. The Morgan fingerprint density at radius 2 is 2.25 bits per heavy atom. The second-order valence-electron chi connectivity index (χ2n) is 4.30. The summed E-state index contributed by atoms with van der Waals surface area (Å²) in [5.74, 6) is -2.08. The molecule has 2 rings (SSSR count). The van der Waals surface area contributed by atoms with Crippen molar-refractivity contribution in [2.75, 3.05) is 26.8 Å². The molecule has 1 aromatic carbocycles. The molecule has 0 aromatic heterocycles. The number of aliphatic carboxylic acids is 1. The minimum absolute atomic E-state index is 0.0288. The average Bonchev–Trinajstić information content (AvgIpc) is 2.47. The predicted molar refractivity (Wildman–Crippen MR) is 66.2 cm³/mol. The zero-order chi connectivity index (χ0) is 14.7. The van der Waals surface area contributed by atoms with Crippen molar-refractivity contribution in [3.63, 3.8) is 0 Å². The quantitative estimate of drug-likeness (QED) is 0.886. The molecule has 0 radical (unpaired) electrons. The number of hydrogen-bond donors (Lipinski definition) is 1. The van der Waals surface area contributed by atoms with Crippen molar-refractivity contribution in [2.24, 2.45) is 0 Å². The van der Waals surface area contributed by atoms with Gasteiger partial charge in [-0.2, -0.15) is 0 Å². The molecule has 1 saturated heterocycles. The maximum atomic E-state index is 13.3. The number of halogens is 1. The second kappa shape index (κ2) is 5.87. The highest BCUT2D eigenvalue weighted by atomic mass is 19.1. The van der Waals surface area contributed by atoms with E-state index in [4.69, 9.17) is 14.6 Å². The Hall–Kier alpha value is -2.15. The molecule has 0 bridgehead atoms. The van der Waals surface area contributed by atoms with Crippen LogP contribution < -0.4 is 4.74 Å². The van der Waals surface area contributed by atoms with Gasteiger partial charge in [-0.15, -0.1) is 0 Å². The molecule has 7 heteroatoms. The summed E-state index contributed by atoms with van der Waals surface area (Å²) >= 11 is 0. The van der Waals surface area contributed by atoms with Gasteiger partial charge in [-0.1, -0.05) is 0 Å². The van der Waals surface area contributed by atoms with Crippen molar-refractivity contribution in [1.29, 1.82) is 0 Å². The van der Waals surface area contributed by atoms with E-state index < -0.39 is 17.9 Å². The monoisotopic (exact) mass is 283 g/mol. The Labute approximate surface area is 114 Å². The predicted octanol–water partition coefficient (Wildman–Crippen LogP) is 0.760. The Kier molecular flexibility index (Phi) is 4.19. The smallest absolute Gasteiger partial charge is 0.334 e. The lowest BCUT2D eigenvalue weighted by atomic mass is 10.1. The molecule has 1 fully saturated rings. The molecular formula is C13H14FNO5. The van der Waals surface area contributed by atoms with Crippen LogP contribution in [-0.4, -0.2) is 54.8 Å². The third-order valence-electron chi connectivity index (χ3n) is 3.03. The van der Waals surface area contributed by atoms with Crippen molar-refractivity contribution in [3.8, 4) is 5.75 Å². The number of amides is 1. The molecule has 1 aromatic rings. The van der Waals surface area contributed by atoms with Gasteiger partial charge in [-0.3, -0.25) is 4.79 Å². The van der Waals surface area contributed by atoms with Crippen LogP contribution in [0.5, 0.6) is 5.75 Å². The topological polar surface area (TPSA) is 76.1 Å². The van der Waals surface area contributed by atoms with Crippen molar-refractivity contribution in [3.05, 3.63) is 29.6 Å². The number of nitrogens with zero attached hydrogens (tertiary/aromatic N) is 1. The fourth-order valence-electron chi connectivity index (χ4n) is 1.96. The molecule has 1 amide bonds. The van der Waals surface area contributed by atoms with E-state index in [0.717, 1.165) is 6.07 Å². The average molecular weight is 283 g/mol. The molecule has 0 aliphatic carbocycles. The van der Waals surface area contributed by atoms with E-state index in [-0.39, 0.29) is 30.4 Å². The first kappa shape index (κ1) is 14.3. The van der Waals surface area contributed by atoms with E-state index in [2.05, 4.69) is 0 Å². The van der Waals surface area contributed by atoms with Crippen LogP contribution in [0.3, 0.4) is 0 Å². The number of carboxylic acid groups (broad SMARTS) is 1. The summed E-state index contributed by atoms with van der Waals surface area (Å²) in [6.07, 6.45) is -1.03. The number of hydrogen-bond acceptors (Lipinski definition) is 4. The first-order valence-electron chi connectivity index (χ1n) is 6.00. The lowest BCUT2D eigenvalue weighted by Gasteiger charge is -2.31. The number of morpholine rings is 1. The molecule has 1 aliphatic heterocycles. The molecule has 1 N–H and O–H groups in total. The van der Waals surface area contributed by atoms with Crippen molar-refractivity contribution in [1.82, 2.24) is 4.90 Å². The Balaban J connectivity index is 2.16. The number of benzene rings is 1. The number of methoxy groups -OCH3 is 1. The van der Waals surface area contributed by atoms with E-state index in [1.165, 1.54) is 24.1 Å². The first-order valence-corrected chi connectivity index (χ1v) is 6.00. The lowest BCUT2D eigenvalue weighted by Crippen LogP contribution is -2.48. The fraction of sp³-hybridized carbons (Fsp3) is 0.385. The summed E-state index contributed by atoms with van der Waals surface area (Å²) in [6, 6.07) is 3.77. The maximum Gasteiger partial charge on any atom is 0.334 e. The Morgan fingerprint density at radius 3 is 2.90 bits per heavy atom. The molecule has 0 unspecified atom stereocenters. The van der Waals surface area contributed by atoms with Crippen LogP contribution in [0.1, 0.15) is 10.4 Å². The highest BCUT2D eigenvalue weighted by Crippen LogP contribution is 2.20. The molecule has 20 heavy (non-hydrogen) atoms. The molecule has 1 atom stereocenters. The van der Waals surface area contributed by atoms with Crippen LogP contribution in [0.2, 0.25) is 0 Å². The third-order valence-corrected chi connectivity index (χ3v) is 3.03. The molecule has 1 heterocycles. The zero-order valence-corrected chi connectivity index (χ0v) is 10.8. The van der Waals surface area contributed by atoms with Gasteiger partial charge in [0.1, 0.15) is 0 Å². The second-order valence-corrected chi connectivity index (χ2v) is 4.30. The number of carbonyl (C=O) groups excluding carboxylic acids is 1. The van der Waals surface area contributed by atoms with Gasteiger partial charge in [0, 0.05) is 12.1 Å². The van der Waals surface area contributed by atoms with Crippen LogP contribution in [0, 0.1) is 5.82 Å². The van der Waals surface area contributed by atoms with E-state index in [1.807, 2.05) is 0 Å². The summed E-state index contributed by atoms with van der Waals surface area (Å²) in [6.45, 7) is 0.414. The lowest BCUT2D eigenvalue weighted by molar-refractivity contribution is -0.154. The minimum atomic E-state index is -1.11. The SMILES string of the molecule is COc1cc(C(=O)N2CCO[C@H](C(=O)O)C2)ccc1F. The number of rotatable bonds is 3. The first-order chi connectivity index (χ1) is 9.52. The van der Waals surface area contributed by atoms with Crippen LogP contribution in [0.25, 0.3) is 0 Å². The largest absolute Gasteiger partial charge is 0.494 e. The maximum absolute atomic E-state index is 13.3. The summed E-state index contributed by atoms with van der Waals surface area (Å²) in [5, 5.41) is 8.89. The van der Waals surface area contributed by atoms with Gasteiger partial charge < -0.3 is 19.5 Å². The highest BCUT2D eigenvalue weighted by Gasteiger charge is 2.29. The Morgan fingerprint density at radius 1 is 1.50 bits per heavy atom. The van der Waals surface area contributed by atoms with Gasteiger partial charge in [0.25, 0.3) is 5.91 Å². The molecular weight excluding hydrogens is 269 g/mol. The minimum Gasteiger partial charge on any atom is -0.494 e. The van der Waals surface area contributed by atoms with Gasteiger partial charge in [0.2, 0.25) is 0 Å². The van der Waals surface area contributed by atoms with Gasteiger partial charge >= 0.3 is 5.97 Å². The van der Waals surface area contributed by atoms with E-state index >= 15 is 0 Å².